The van der Waals surface area contributed by atoms with Crippen LogP contribution in [0.2, 0.25) is 0 Å². The molecule has 3 rings (SSSR count). The largest absolute Gasteiger partial charge is 0.459 e. The maximum atomic E-state index is 12.4. The average Bonchev–Trinajstić information content (AvgIpc) is 3.25. The Balaban J connectivity index is 1.56. The summed E-state index contributed by atoms with van der Waals surface area (Å²) in [5.74, 6) is 1.12. The van der Waals surface area contributed by atoms with Crippen LogP contribution in [0.1, 0.15) is 48.9 Å². The topological polar surface area (TPSA) is 92.4 Å². The highest BCUT2D eigenvalue weighted by Crippen LogP contribution is 2.18. The van der Waals surface area contributed by atoms with E-state index >= 15 is 0 Å². The van der Waals surface area contributed by atoms with E-state index < -0.39 is 0 Å². The molecule has 140 valence electrons. The summed E-state index contributed by atoms with van der Waals surface area (Å²) in [7, 11) is 1.80. The highest BCUT2D eigenvalue weighted by Gasteiger charge is 2.27. The number of carbonyl (C=O) groups excluding carboxylic acids is 2. The quantitative estimate of drug-likeness (QED) is 0.877. The number of amides is 3. The molecule has 26 heavy (non-hydrogen) atoms. The SMILES string of the molecule is CC(C)c1cc(NC(=O)N[C@H]2CCCN(C(=O)c3ccco3)C2)n(C)n1. The fourth-order valence-electron chi connectivity index (χ4n) is 3.06. The molecule has 2 N–H and O–H groups in total. The number of aryl methyl sites for hydroxylation is 1. The number of piperidine rings is 1. The second-order valence-corrected chi connectivity index (χ2v) is 6.90. The lowest BCUT2D eigenvalue weighted by Crippen LogP contribution is -2.50. The van der Waals surface area contributed by atoms with Gasteiger partial charge >= 0.3 is 6.03 Å². The lowest BCUT2D eigenvalue weighted by molar-refractivity contribution is 0.0666. The molecule has 2 aromatic rings. The molecule has 8 heteroatoms. The van der Waals surface area contributed by atoms with E-state index in [4.69, 9.17) is 4.42 Å². The highest BCUT2D eigenvalue weighted by molar-refractivity contribution is 5.92. The summed E-state index contributed by atoms with van der Waals surface area (Å²) in [5.41, 5.74) is 0.927. The summed E-state index contributed by atoms with van der Waals surface area (Å²) in [6.45, 7) is 5.24. The van der Waals surface area contributed by atoms with Crippen molar-refractivity contribution in [1.29, 1.82) is 0 Å². The number of urea groups is 1. The lowest BCUT2D eigenvalue weighted by atomic mass is 10.1. The van der Waals surface area contributed by atoms with Gasteiger partial charge in [0.05, 0.1) is 12.0 Å². The second-order valence-electron chi connectivity index (χ2n) is 6.90. The molecule has 0 spiro atoms. The molecule has 0 saturated carbocycles. The van der Waals surface area contributed by atoms with Gasteiger partial charge < -0.3 is 14.6 Å². The molecule has 1 aliphatic heterocycles. The predicted molar refractivity (Wildman–Crippen MR) is 97.1 cm³/mol. The Morgan fingerprint density at radius 3 is 2.85 bits per heavy atom. The number of aromatic nitrogens is 2. The molecule has 1 atom stereocenters. The van der Waals surface area contributed by atoms with Gasteiger partial charge in [-0.05, 0) is 30.9 Å². The molecule has 2 aromatic heterocycles. The minimum Gasteiger partial charge on any atom is -0.459 e. The van der Waals surface area contributed by atoms with E-state index in [2.05, 4.69) is 29.6 Å². The van der Waals surface area contributed by atoms with Crippen molar-refractivity contribution in [3.05, 3.63) is 35.9 Å². The number of rotatable bonds is 4. The summed E-state index contributed by atoms with van der Waals surface area (Å²) in [4.78, 5) is 26.4. The maximum Gasteiger partial charge on any atom is 0.320 e. The molecule has 0 aliphatic carbocycles. The Labute approximate surface area is 152 Å². The molecular formula is C18H25N5O3. The Morgan fingerprint density at radius 1 is 1.38 bits per heavy atom. The Hall–Kier alpha value is -2.77. The zero-order valence-corrected chi connectivity index (χ0v) is 15.4. The van der Waals surface area contributed by atoms with Gasteiger partial charge in [-0.1, -0.05) is 13.8 Å². The maximum absolute atomic E-state index is 12.4. The Bertz CT molecular complexity index is 766. The van der Waals surface area contributed by atoms with Gasteiger partial charge in [-0.25, -0.2) is 4.79 Å². The molecular weight excluding hydrogens is 334 g/mol. The summed E-state index contributed by atoms with van der Waals surface area (Å²) >= 11 is 0. The predicted octanol–water partition coefficient (Wildman–Crippen LogP) is 2.56. The molecule has 1 aliphatic rings. The molecule has 1 saturated heterocycles. The Morgan fingerprint density at radius 2 is 2.19 bits per heavy atom. The monoisotopic (exact) mass is 359 g/mol. The summed E-state index contributed by atoms with van der Waals surface area (Å²) in [6, 6.07) is 4.83. The first kappa shape index (κ1) is 18.0. The molecule has 3 amide bonds. The number of hydrogen-bond donors (Lipinski definition) is 2. The first-order valence-electron chi connectivity index (χ1n) is 8.88. The van der Waals surface area contributed by atoms with Crippen LogP contribution in [0.4, 0.5) is 10.6 Å². The van der Waals surface area contributed by atoms with E-state index in [-0.39, 0.29) is 18.0 Å². The molecule has 0 unspecified atom stereocenters. The third-order valence-electron chi connectivity index (χ3n) is 4.51. The van der Waals surface area contributed by atoms with Crippen LogP contribution in [-0.2, 0) is 7.05 Å². The van der Waals surface area contributed by atoms with Crippen LogP contribution in [-0.4, -0.2) is 45.8 Å². The standard InChI is InChI=1S/C18H25N5O3/c1-12(2)14-10-16(22(3)21-14)20-18(25)19-13-6-4-8-23(11-13)17(24)15-7-5-9-26-15/h5,7,9-10,12-13H,4,6,8,11H2,1-3H3,(H2,19,20,25)/t13-/m0/s1. The van der Waals surface area contributed by atoms with E-state index in [1.807, 2.05) is 6.07 Å². The normalized spacial score (nSPS) is 17.4. The molecule has 8 nitrogen and oxygen atoms in total. The van der Waals surface area contributed by atoms with Crippen molar-refractivity contribution in [2.75, 3.05) is 18.4 Å². The van der Waals surface area contributed by atoms with Crippen molar-refractivity contribution in [3.63, 3.8) is 0 Å². The van der Waals surface area contributed by atoms with Crippen LogP contribution < -0.4 is 10.6 Å². The summed E-state index contributed by atoms with van der Waals surface area (Å²) < 4.78 is 6.83. The van der Waals surface area contributed by atoms with Crippen LogP contribution in [0.3, 0.4) is 0 Å². The van der Waals surface area contributed by atoms with Gasteiger partial charge in [0.25, 0.3) is 5.91 Å². The number of hydrogen-bond acceptors (Lipinski definition) is 4. The molecule has 1 fully saturated rings. The van der Waals surface area contributed by atoms with Crippen molar-refractivity contribution in [3.8, 4) is 0 Å². The van der Waals surface area contributed by atoms with E-state index in [9.17, 15) is 9.59 Å². The van der Waals surface area contributed by atoms with E-state index in [1.54, 1.807) is 28.8 Å². The van der Waals surface area contributed by atoms with Gasteiger partial charge in [0.1, 0.15) is 5.82 Å². The van der Waals surface area contributed by atoms with Crippen LogP contribution in [0.15, 0.2) is 28.9 Å². The Kier molecular flexibility index (Phi) is 5.29. The van der Waals surface area contributed by atoms with Gasteiger partial charge in [-0.3, -0.25) is 14.8 Å². The number of carbonyl (C=O) groups is 2. The number of likely N-dealkylation sites (tertiary alicyclic amines) is 1. The number of nitrogens with zero attached hydrogens (tertiary/aromatic N) is 3. The summed E-state index contributed by atoms with van der Waals surface area (Å²) in [6.07, 6.45) is 3.15. The van der Waals surface area contributed by atoms with Gasteiger partial charge in [-0.15, -0.1) is 0 Å². The van der Waals surface area contributed by atoms with E-state index in [1.165, 1.54) is 6.26 Å². The number of nitrogens with one attached hydrogen (secondary N) is 2. The first-order chi connectivity index (χ1) is 12.4. The fourth-order valence-corrected chi connectivity index (χ4v) is 3.06. The second kappa shape index (κ2) is 7.63. The smallest absolute Gasteiger partial charge is 0.320 e. The molecule has 0 bridgehead atoms. The first-order valence-corrected chi connectivity index (χ1v) is 8.88. The molecule has 0 aromatic carbocycles. The fraction of sp³-hybridized carbons (Fsp3) is 0.500. The van der Waals surface area contributed by atoms with Crippen molar-refractivity contribution in [1.82, 2.24) is 20.0 Å². The van der Waals surface area contributed by atoms with Crippen molar-refractivity contribution < 1.29 is 14.0 Å². The van der Waals surface area contributed by atoms with Crippen LogP contribution in [0.5, 0.6) is 0 Å². The zero-order valence-electron chi connectivity index (χ0n) is 15.4. The highest BCUT2D eigenvalue weighted by atomic mass is 16.3. The molecule has 3 heterocycles. The van der Waals surface area contributed by atoms with E-state index in [0.29, 0.717) is 30.6 Å². The summed E-state index contributed by atoms with van der Waals surface area (Å²) in [5, 5.41) is 10.2. The van der Waals surface area contributed by atoms with Crippen molar-refractivity contribution in [2.45, 2.75) is 38.6 Å². The third-order valence-corrected chi connectivity index (χ3v) is 4.51. The molecule has 0 radical (unpaired) electrons. The third kappa shape index (κ3) is 4.07. The zero-order chi connectivity index (χ0) is 18.7. The van der Waals surface area contributed by atoms with Gasteiger partial charge in [0.15, 0.2) is 5.76 Å². The van der Waals surface area contributed by atoms with Crippen LogP contribution >= 0.6 is 0 Å². The number of anilines is 1. The van der Waals surface area contributed by atoms with Crippen LogP contribution in [0.25, 0.3) is 0 Å². The number of furan rings is 1. The van der Waals surface area contributed by atoms with E-state index in [0.717, 1.165) is 18.5 Å². The minimum absolute atomic E-state index is 0.0968. The van der Waals surface area contributed by atoms with Gasteiger partial charge in [-0.2, -0.15) is 5.10 Å². The average molecular weight is 359 g/mol. The van der Waals surface area contributed by atoms with Crippen molar-refractivity contribution in [2.24, 2.45) is 7.05 Å². The van der Waals surface area contributed by atoms with Gasteiger partial charge in [0.2, 0.25) is 0 Å². The van der Waals surface area contributed by atoms with Crippen molar-refractivity contribution >= 4 is 17.8 Å². The van der Waals surface area contributed by atoms with Gasteiger partial charge in [0, 0.05) is 32.2 Å². The minimum atomic E-state index is -0.291. The lowest BCUT2D eigenvalue weighted by Gasteiger charge is -2.32. The van der Waals surface area contributed by atoms with Crippen LogP contribution in [0, 0.1) is 0 Å².